The van der Waals surface area contributed by atoms with Gasteiger partial charge in [-0.1, -0.05) is 49.4 Å². The zero-order valence-electron chi connectivity index (χ0n) is 15.9. The highest BCUT2D eigenvalue weighted by atomic mass is 16.5. The summed E-state index contributed by atoms with van der Waals surface area (Å²) in [5, 5.41) is 12.6. The number of nitrogens with one attached hydrogen (secondary N) is 1. The number of carbonyl (C=O) groups excluding carboxylic acids is 1. The number of benzene rings is 2. The van der Waals surface area contributed by atoms with Gasteiger partial charge in [-0.3, -0.25) is 9.59 Å². The lowest BCUT2D eigenvalue weighted by Gasteiger charge is -2.29. The van der Waals surface area contributed by atoms with Gasteiger partial charge in [-0.05, 0) is 43.0 Å². The van der Waals surface area contributed by atoms with E-state index in [1.807, 2.05) is 56.3 Å². The highest BCUT2D eigenvalue weighted by Crippen LogP contribution is 2.28. The molecule has 2 aromatic rings. The number of aryl methyl sites for hydroxylation is 1. The van der Waals surface area contributed by atoms with Crippen LogP contribution in [0.2, 0.25) is 0 Å². The molecular weight excluding hydrogens is 342 g/mol. The molecule has 1 amide bonds. The second kappa shape index (κ2) is 9.76. The molecule has 0 heterocycles. The average molecular weight is 369 g/mol. The van der Waals surface area contributed by atoms with Crippen LogP contribution in [0.3, 0.4) is 0 Å². The normalized spacial score (nSPS) is 12.8. The summed E-state index contributed by atoms with van der Waals surface area (Å²) in [5.74, 6) is -0.273. The van der Waals surface area contributed by atoms with Crippen LogP contribution in [-0.4, -0.2) is 30.1 Å². The summed E-state index contributed by atoms with van der Waals surface area (Å²) < 4.78 is 5.40. The van der Waals surface area contributed by atoms with Gasteiger partial charge >= 0.3 is 5.97 Å². The number of ether oxygens (including phenoxy) is 1. The van der Waals surface area contributed by atoms with E-state index in [9.17, 15) is 14.7 Å². The first-order valence-electron chi connectivity index (χ1n) is 9.29. The summed E-state index contributed by atoms with van der Waals surface area (Å²) in [5.41, 5.74) is 0.624. The van der Waals surface area contributed by atoms with Crippen molar-refractivity contribution in [2.75, 3.05) is 13.2 Å². The van der Waals surface area contributed by atoms with Crippen LogP contribution in [0.4, 0.5) is 0 Å². The Morgan fingerprint density at radius 2 is 1.70 bits per heavy atom. The van der Waals surface area contributed by atoms with Gasteiger partial charge in [0, 0.05) is 13.0 Å². The van der Waals surface area contributed by atoms with Crippen molar-refractivity contribution in [3.63, 3.8) is 0 Å². The molecule has 0 fully saturated rings. The summed E-state index contributed by atoms with van der Waals surface area (Å²) in [6.07, 6.45) is 1.30. The van der Waals surface area contributed by atoms with Crippen molar-refractivity contribution in [3.05, 3.63) is 65.7 Å². The lowest BCUT2D eigenvalue weighted by atomic mass is 9.78. The Hall–Kier alpha value is -2.82. The van der Waals surface area contributed by atoms with Gasteiger partial charge in [0.15, 0.2) is 0 Å². The first kappa shape index (κ1) is 20.5. The zero-order chi connectivity index (χ0) is 19.7. The van der Waals surface area contributed by atoms with Crippen LogP contribution in [0.5, 0.6) is 5.75 Å². The van der Waals surface area contributed by atoms with Gasteiger partial charge in [0.05, 0.1) is 6.61 Å². The van der Waals surface area contributed by atoms with Crippen LogP contribution < -0.4 is 10.1 Å². The highest BCUT2D eigenvalue weighted by molar-refractivity contribution is 5.83. The lowest BCUT2D eigenvalue weighted by molar-refractivity contribution is -0.144. The Morgan fingerprint density at radius 1 is 1.04 bits per heavy atom. The first-order chi connectivity index (χ1) is 13.0. The molecule has 2 rings (SSSR count). The molecule has 144 valence electrons. The van der Waals surface area contributed by atoms with Crippen LogP contribution in [0.25, 0.3) is 0 Å². The first-order valence-corrected chi connectivity index (χ1v) is 9.29. The van der Waals surface area contributed by atoms with Gasteiger partial charge in [-0.15, -0.1) is 0 Å². The molecular formula is C22H27NO4. The third-order valence-corrected chi connectivity index (χ3v) is 4.80. The third kappa shape index (κ3) is 5.33. The molecule has 0 aliphatic rings. The van der Waals surface area contributed by atoms with Gasteiger partial charge in [0.1, 0.15) is 11.2 Å². The van der Waals surface area contributed by atoms with E-state index >= 15 is 0 Å². The molecule has 5 heteroatoms. The van der Waals surface area contributed by atoms with Crippen molar-refractivity contribution in [3.8, 4) is 5.75 Å². The third-order valence-electron chi connectivity index (χ3n) is 4.80. The van der Waals surface area contributed by atoms with Crippen LogP contribution in [0.15, 0.2) is 54.6 Å². The summed E-state index contributed by atoms with van der Waals surface area (Å²) in [4.78, 5) is 24.2. The zero-order valence-corrected chi connectivity index (χ0v) is 15.9. The minimum Gasteiger partial charge on any atom is -0.494 e. The van der Waals surface area contributed by atoms with E-state index in [1.165, 1.54) is 0 Å². The fourth-order valence-corrected chi connectivity index (χ4v) is 3.05. The fraction of sp³-hybridized carbons (Fsp3) is 0.364. The molecule has 0 aliphatic heterocycles. The van der Waals surface area contributed by atoms with E-state index < -0.39 is 11.4 Å². The molecule has 0 aromatic heterocycles. The summed E-state index contributed by atoms with van der Waals surface area (Å²) in [6, 6.07) is 16.7. The van der Waals surface area contributed by atoms with Crippen LogP contribution >= 0.6 is 0 Å². The van der Waals surface area contributed by atoms with E-state index in [1.54, 1.807) is 12.1 Å². The summed E-state index contributed by atoms with van der Waals surface area (Å²) in [7, 11) is 0. The maximum absolute atomic E-state index is 12.3. The second-order valence-electron chi connectivity index (χ2n) is 6.46. The van der Waals surface area contributed by atoms with Gasteiger partial charge in [0.2, 0.25) is 5.91 Å². The molecule has 0 aliphatic carbocycles. The Morgan fingerprint density at radius 3 is 2.26 bits per heavy atom. The lowest BCUT2D eigenvalue weighted by Crippen LogP contribution is -2.46. The Kier molecular flexibility index (Phi) is 7.41. The minimum absolute atomic E-state index is 0.0744. The highest BCUT2D eigenvalue weighted by Gasteiger charge is 2.38. The fourth-order valence-electron chi connectivity index (χ4n) is 3.05. The number of amides is 1. The van der Waals surface area contributed by atoms with Crippen molar-refractivity contribution in [2.24, 2.45) is 0 Å². The molecule has 2 N–H and O–H groups in total. The Balaban J connectivity index is 1.95. The Bertz CT molecular complexity index is 743. The molecule has 1 atom stereocenters. The van der Waals surface area contributed by atoms with Crippen molar-refractivity contribution in [1.82, 2.24) is 5.32 Å². The maximum atomic E-state index is 12.3. The van der Waals surface area contributed by atoms with E-state index in [-0.39, 0.29) is 12.5 Å². The molecule has 0 saturated carbocycles. The van der Waals surface area contributed by atoms with Crippen LogP contribution in [-0.2, 0) is 21.4 Å². The molecule has 0 bridgehead atoms. The SMILES string of the molecule is CCOc1ccc(CCC(=O)NCC(CC)(C(=O)O)c2ccccc2)cc1. The van der Waals surface area contributed by atoms with Gasteiger partial charge in [0.25, 0.3) is 0 Å². The number of carboxylic acids is 1. The predicted molar refractivity (Wildman–Crippen MR) is 105 cm³/mol. The number of hydrogen-bond acceptors (Lipinski definition) is 3. The largest absolute Gasteiger partial charge is 0.494 e. The van der Waals surface area contributed by atoms with Gasteiger partial charge in [-0.2, -0.15) is 0 Å². The number of hydrogen-bond donors (Lipinski definition) is 2. The van der Waals surface area contributed by atoms with Crippen molar-refractivity contribution < 1.29 is 19.4 Å². The molecule has 1 unspecified atom stereocenters. The van der Waals surface area contributed by atoms with Gasteiger partial charge < -0.3 is 15.2 Å². The Labute approximate surface area is 160 Å². The molecule has 0 radical (unpaired) electrons. The van der Waals surface area contributed by atoms with Gasteiger partial charge in [-0.25, -0.2) is 0 Å². The average Bonchev–Trinajstić information content (AvgIpc) is 2.69. The number of aliphatic carboxylic acids is 1. The smallest absolute Gasteiger partial charge is 0.315 e. The summed E-state index contributed by atoms with van der Waals surface area (Å²) >= 11 is 0. The topological polar surface area (TPSA) is 75.6 Å². The van der Waals surface area contributed by atoms with Crippen molar-refractivity contribution in [1.29, 1.82) is 0 Å². The number of rotatable bonds is 10. The van der Waals surface area contributed by atoms with Crippen molar-refractivity contribution >= 4 is 11.9 Å². The monoisotopic (exact) mass is 369 g/mol. The van der Waals surface area contributed by atoms with E-state index in [0.29, 0.717) is 31.4 Å². The van der Waals surface area contributed by atoms with Crippen LogP contribution in [0.1, 0.15) is 37.8 Å². The van der Waals surface area contributed by atoms with E-state index in [0.717, 1.165) is 11.3 Å². The molecule has 0 saturated heterocycles. The predicted octanol–water partition coefficient (Wildman–Crippen LogP) is 3.57. The molecule has 27 heavy (non-hydrogen) atoms. The minimum atomic E-state index is -1.12. The molecule has 0 spiro atoms. The molecule has 2 aromatic carbocycles. The van der Waals surface area contributed by atoms with E-state index in [2.05, 4.69) is 5.32 Å². The molecule has 5 nitrogen and oxygen atoms in total. The maximum Gasteiger partial charge on any atom is 0.315 e. The van der Waals surface area contributed by atoms with Crippen LogP contribution in [0, 0.1) is 0 Å². The summed E-state index contributed by atoms with van der Waals surface area (Å²) in [6.45, 7) is 4.45. The van der Waals surface area contributed by atoms with E-state index in [4.69, 9.17) is 4.74 Å². The number of carboxylic acid groups (broad SMARTS) is 1. The quantitative estimate of drug-likeness (QED) is 0.671. The van der Waals surface area contributed by atoms with Crippen molar-refractivity contribution in [2.45, 2.75) is 38.5 Å². The second-order valence-corrected chi connectivity index (χ2v) is 6.46. The standard InChI is InChI=1S/C22H27NO4/c1-3-22(21(25)26,18-8-6-5-7-9-18)16-23-20(24)15-12-17-10-13-19(14-11-17)27-4-2/h5-11,13-14H,3-4,12,15-16H2,1-2H3,(H,23,24)(H,25,26). The number of carbonyl (C=O) groups is 2.